The van der Waals surface area contributed by atoms with Crippen LogP contribution >= 0.6 is 0 Å². The number of rotatable bonds is 9. The zero-order chi connectivity index (χ0) is 11.7. The highest BCUT2D eigenvalue weighted by Crippen LogP contribution is 2.17. The van der Waals surface area contributed by atoms with Gasteiger partial charge in [0.15, 0.2) is 0 Å². The second-order valence-electron chi connectivity index (χ2n) is 3.52. The first-order valence-electron chi connectivity index (χ1n) is 5.71. The average molecular weight is 235 g/mol. The molecule has 0 saturated carbocycles. The van der Waals surface area contributed by atoms with Gasteiger partial charge in [-0.05, 0) is 27.3 Å². The molecule has 1 atom stereocenters. The molecule has 5 heteroatoms. The first-order valence-corrected chi connectivity index (χ1v) is 8.23. The van der Waals surface area contributed by atoms with E-state index in [0.717, 1.165) is 6.04 Å². The van der Waals surface area contributed by atoms with Crippen LogP contribution in [0.1, 0.15) is 20.8 Å². The lowest BCUT2D eigenvalue weighted by molar-refractivity contribution is 0.0694. The van der Waals surface area contributed by atoms with Crippen LogP contribution in [-0.2, 0) is 13.6 Å². The Kier molecular flexibility index (Phi) is 8.27. The van der Waals surface area contributed by atoms with Crippen LogP contribution in [0.25, 0.3) is 0 Å². The molecule has 2 N–H and O–H groups in total. The van der Waals surface area contributed by atoms with Gasteiger partial charge in [-0.3, -0.25) is 0 Å². The fourth-order valence-electron chi connectivity index (χ4n) is 1.63. The van der Waals surface area contributed by atoms with Gasteiger partial charge in [0.25, 0.3) is 0 Å². The molecule has 4 nitrogen and oxygen atoms in total. The fraction of sp³-hybridized carbons (Fsp3) is 1.00. The quantitative estimate of drug-likeness (QED) is 0.615. The van der Waals surface area contributed by atoms with Crippen molar-refractivity contribution in [1.29, 1.82) is 0 Å². The number of ether oxygens (including phenoxy) is 1. The van der Waals surface area contributed by atoms with Crippen LogP contribution in [0.5, 0.6) is 0 Å². The van der Waals surface area contributed by atoms with Crippen molar-refractivity contribution in [2.75, 3.05) is 26.4 Å². The lowest BCUT2D eigenvalue weighted by atomic mass is 10.4. The van der Waals surface area contributed by atoms with Crippen LogP contribution in [0.4, 0.5) is 0 Å². The highest BCUT2D eigenvalue weighted by Gasteiger charge is 2.34. The maximum absolute atomic E-state index is 5.73. The third-order valence-corrected chi connectivity index (χ3v) is 5.16. The smallest absolute Gasteiger partial charge is 0.337 e. The molecular weight excluding hydrogens is 210 g/mol. The number of hydrogen-bond donors (Lipinski definition) is 1. The van der Waals surface area contributed by atoms with Crippen LogP contribution in [0.15, 0.2) is 0 Å². The fourth-order valence-corrected chi connectivity index (χ4v) is 4.28. The van der Waals surface area contributed by atoms with Crippen molar-refractivity contribution in [2.24, 2.45) is 5.73 Å². The Morgan fingerprint density at radius 1 is 1.07 bits per heavy atom. The zero-order valence-corrected chi connectivity index (χ0v) is 11.4. The molecule has 0 bridgehead atoms. The van der Waals surface area contributed by atoms with Crippen molar-refractivity contribution in [2.45, 2.75) is 39.5 Å². The summed E-state index contributed by atoms with van der Waals surface area (Å²) in [6.45, 7) is 10.6. The largest absolute Gasteiger partial charge is 0.395 e. The predicted octanol–water partition coefficient (Wildman–Crippen LogP) is 1.50. The molecule has 0 spiro atoms. The second kappa shape index (κ2) is 8.24. The lowest BCUT2D eigenvalue weighted by Crippen LogP contribution is -2.44. The molecule has 0 heterocycles. The molecular formula is C10H25NO3Si. The van der Waals surface area contributed by atoms with Gasteiger partial charge in [0, 0.05) is 32.4 Å². The average Bonchev–Trinajstić information content (AvgIpc) is 2.17. The van der Waals surface area contributed by atoms with Gasteiger partial charge in [0.05, 0.1) is 6.10 Å². The highest BCUT2D eigenvalue weighted by atomic mass is 28.4. The summed E-state index contributed by atoms with van der Waals surface area (Å²) in [5.74, 6) is 0. The van der Waals surface area contributed by atoms with E-state index in [2.05, 4.69) is 6.55 Å². The lowest BCUT2D eigenvalue weighted by Gasteiger charge is -2.29. The molecule has 0 aromatic rings. The zero-order valence-electron chi connectivity index (χ0n) is 10.4. The van der Waals surface area contributed by atoms with Crippen molar-refractivity contribution < 1.29 is 13.6 Å². The maximum Gasteiger partial charge on any atom is 0.337 e. The maximum atomic E-state index is 5.73. The van der Waals surface area contributed by atoms with E-state index < -0.39 is 8.56 Å². The van der Waals surface area contributed by atoms with Crippen molar-refractivity contribution >= 4 is 8.56 Å². The third-order valence-electron chi connectivity index (χ3n) is 2.16. The Morgan fingerprint density at radius 2 is 1.60 bits per heavy atom. The van der Waals surface area contributed by atoms with E-state index in [4.69, 9.17) is 19.3 Å². The molecule has 0 rings (SSSR count). The van der Waals surface area contributed by atoms with Gasteiger partial charge in [0.2, 0.25) is 0 Å². The SMILES string of the molecule is CCOC(CN)C[Si](C)(OCC)OCC. The predicted molar refractivity (Wildman–Crippen MR) is 64.1 cm³/mol. The van der Waals surface area contributed by atoms with E-state index in [-0.39, 0.29) is 6.10 Å². The van der Waals surface area contributed by atoms with Crippen molar-refractivity contribution in [1.82, 2.24) is 0 Å². The van der Waals surface area contributed by atoms with Gasteiger partial charge >= 0.3 is 8.56 Å². The minimum Gasteiger partial charge on any atom is -0.395 e. The van der Waals surface area contributed by atoms with Crippen LogP contribution in [-0.4, -0.2) is 41.0 Å². The van der Waals surface area contributed by atoms with Crippen molar-refractivity contribution in [3.05, 3.63) is 0 Å². The Hall–Kier alpha value is 0.0569. The van der Waals surface area contributed by atoms with Gasteiger partial charge in [-0.25, -0.2) is 0 Å². The Morgan fingerprint density at radius 3 is 1.93 bits per heavy atom. The molecule has 0 aliphatic carbocycles. The van der Waals surface area contributed by atoms with E-state index in [1.54, 1.807) is 0 Å². The molecule has 0 amide bonds. The van der Waals surface area contributed by atoms with E-state index in [9.17, 15) is 0 Å². The summed E-state index contributed by atoms with van der Waals surface area (Å²) >= 11 is 0. The summed E-state index contributed by atoms with van der Waals surface area (Å²) in [6.07, 6.45) is 0.0600. The molecule has 1 unspecified atom stereocenters. The molecule has 0 aliphatic heterocycles. The first kappa shape index (κ1) is 15.1. The number of nitrogens with two attached hydrogens (primary N) is 1. The third kappa shape index (κ3) is 6.27. The van der Waals surface area contributed by atoms with E-state index in [1.807, 2.05) is 20.8 Å². The minimum atomic E-state index is -2.08. The van der Waals surface area contributed by atoms with Crippen LogP contribution < -0.4 is 5.73 Å². The van der Waals surface area contributed by atoms with Gasteiger partial charge in [-0.2, -0.15) is 0 Å². The topological polar surface area (TPSA) is 53.7 Å². The molecule has 0 radical (unpaired) electrons. The molecule has 0 aliphatic rings. The summed E-state index contributed by atoms with van der Waals surface area (Å²) in [5, 5.41) is 0. The summed E-state index contributed by atoms with van der Waals surface area (Å²) in [4.78, 5) is 0. The molecule has 0 saturated heterocycles. The van der Waals surface area contributed by atoms with Gasteiger partial charge in [-0.15, -0.1) is 0 Å². The summed E-state index contributed by atoms with van der Waals surface area (Å²) in [5.41, 5.74) is 5.64. The van der Waals surface area contributed by atoms with E-state index in [1.165, 1.54) is 0 Å². The van der Waals surface area contributed by atoms with Gasteiger partial charge in [0.1, 0.15) is 0 Å². The molecule has 0 aromatic heterocycles. The molecule has 15 heavy (non-hydrogen) atoms. The summed E-state index contributed by atoms with van der Waals surface area (Å²) < 4.78 is 17.0. The van der Waals surface area contributed by atoms with Gasteiger partial charge in [-0.1, -0.05) is 0 Å². The standard InChI is InChI=1S/C10H25NO3Si/c1-5-12-10(8-11)9-15(4,13-6-2)14-7-3/h10H,5-9,11H2,1-4H3. The van der Waals surface area contributed by atoms with E-state index >= 15 is 0 Å². The van der Waals surface area contributed by atoms with E-state index in [0.29, 0.717) is 26.4 Å². The first-order chi connectivity index (χ1) is 7.11. The normalized spacial score (nSPS) is 14.2. The molecule has 0 aromatic carbocycles. The number of hydrogen-bond acceptors (Lipinski definition) is 4. The van der Waals surface area contributed by atoms with Gasteiger partial charge < -0.3 is 19.3 Å². The van der Waals surface area contributed by atoms with Crippen molar-refractivity contribution in [3.63, 3.8) is 0 Å². The molecule has 0 fully saturated rings. The highest BCUT2D eigenvalue weighted by molar-refractivity contribution is 6.66. The summed E-state index contributed by atoms with van der Waals surface area (Å²) in [7, 11) is -2.08. The molecule has 92 valence electrons. The monoisotopic (exact) mass is 235 g/mol. The Balaban J connectivity index is 4.22. The van der Waals surface area contributed by atoms with Crippen LogP contribution in [0.3, 0.4) is 0 Å². The second-order valence-corrected chi connectivity index (χ2v) is 6.77. The van der Waals surface area contributed by atoms with Crippen LogP contribution in [0.2, 0.25) is 12.6 Å². The Bertz CT molecular complexity index is 152. The summed E-state index contributed by atoms with van der Waals surface area (Å²) in [6, 6.07) is 0.805. The Labute approximate surface area is 94.3 Å². The van der Waals surface area contributed by atoms with Crippen LogP contribution in [0, 0.1) is 0 Å². The van der Waals surface area contributed by atoms with Crippen molar-refractivity contribution in [3.8, 4) is 0 Å². The minimum absolute atomic E-state index is 0.0600.